The highest BCUT2D eigenvalue weighted by molar-refractivity contribution is 5.22. The maximum absolute atomic E-state index is 4.05. The summed E-state index contributed by atoms with van der Waals surface area (Å²) in [6, 6.07) is 0. The molecule has 0 fully saturated rings. The third-order valence-corrected chi connectivity index (χ3v) is 1.74. The van der Waals surface area contributed by atoms with Crippen molar-refractivity contribution in [3.8, 4) is 0 Å². The van der Waals surface area contributed by atoms with Crippen LogP contribution in [0.25, 0.3) is 12.7 Å². The number of unbranched alkanes of at least 4 members (excludes halogenated alkanes) is 1. The number of aromatic amines is 1. The second-order valence-electron chi connectivity index (χ2n) is 2.69. The molecule has 0 bridgehead atoms. The van der Waals surface area contributed by atoms with Crippen molar-refractivity contribution < 1.29 is 0 Å². The van der Waals surface area contributed by atoms with Crippen LogP contribution in [-0.4, -0.2) is 10.2 Å². The van der Waals surface area contributed by atoms with Crippen LogP contribution in [0.2, 0.25) is 0 Å². The summed E-state index contributed by atoms with van der Waals surface area (Å²) in [6.07, 6.45) is 4.39. The van der Waals surface area contributed by atoms with Gasteiger partial charge in [0.25, 0.3) is 0 Å². The van der Waals surface area contributed by atoms with Gasteiger partial charge in [0.15, 0.2) is 0 Å². The van der Waals surface area contributed by atoms with Gasteiger partial charge in [0, 0.05) is 5.22 Å². The molecule has 0 aliphatic heterocycles. The fraction of sp³-hybridized carbons (Fsp3) is 0.444. The minimum Gasteiger partial charge on any atom is -0.278 e. The van der Waals surface area contributed by atoms with Crippen molar-refractivity contribution in [3.63, 3.8) is 0 Å². The molecule has 0 saturated carbocycles. The molecule has 11 heavy (non-hydrogen) atoms. The van der Waals surface area contributed by atoms with E-state index in [-0.39, 0.29) is 0 Å². The van der Waals surface area contributed by atoms with Crippen LogP contribution < -0.4 is 10.6 Å². The van der Waals surface area contributed by atoms with Crippen molar-refractivity contribution in [2.24, 2.45) is 0 Å². The van der Waals surface area contributed by atoms with Gasteiger partial charge in [-0.15, -0.1) is 0 Å². The van der Waals surface area contributed by atoms with E-state index in [9.17, 15) is 0 Å². The first-order valence-corrected chi connectivity index (χ1v) is 3.95. The van der Waals surface area contributed by atoms with Crippen LogP contribution in [0.1, 0.15) is 25.5 Å². The lowest BCUT2D eigenvalue weighted by Gasteiger charge is -1.80. The maximum Gasteiger partial charge on any atom is 0.0663 e. The second-order valence-corrected chi connectivity index (χ2v) is 2.69. The van der Waals surface area contributed by atoms with E-state index in [0.717, 1.165) is 29.1 Å². The van der Waals surface area contributed by atoms with Crippen LogP contribution in [-0.2, 0) is 0 Å². The Hall–Kier alpha value is -1.05. The molecule has 0 radical (unpaired) electrons. The molecule has 0 atom stereocenters. The Morgan fingerprint density at radius 1 is 1.64 bits per heavy atom. The summed E-state index contributed by atoms with van der Waals surface area (Å²) in [6.45, 7) is 8.02. The van der Waals surface area contributed by atoms with E-state index in [4.69, 9.17) is 0 Å². The Labute approximate surface area is 66.6 Å². The molecule has 1 rings (SSSR count). The first-order chi connectivity index (χ1) is 5.25. The number of hydrogen-bond acceptors (Lipinski definition) is 1. The SMILES string of the molecule is C=c1c(C)n[nH]/c1=C/CCC. The Morgan fingerprint density at radius 2 is 2.36 bits per heavy atom. The highest BCUT2D eigenvalue weighted by Gasteiger charge is 1.89. The van der Waals surface area contributed by atoms with E-state index < -0.39 is 0 Å². The summed E-state index contributed by atoms with van der Waals surface area (Å²) < 4.78 is 0. The zero-order valence-corrected chi connectivity index (χ0v) is 7.15. The molecule has 0 spiro atoms. The van der Waals surface area contributed by atoms with E-state index >= 15 is 0 Å². The van der Waals surface area contributed by atoms with Crippen LogP contribution in [0.4, 0.5) is 0 Å². The molecule has 1 N–H and O–H groups in total. The average molecular weight is 150 g/mol. The largest absolute Gasteiger partial charge is 0.278 e. The van der Waals surface area contributed by atoms with E-state index in [1.807, 2.05) is 6.92 Å². The van der Waals surface area contributed by atoms with E-state index in [2.05, 4.69) is 29.8 Å². The lowest BCUT2D eigenvalue weighted by Crippen LogP contribution is -2.21. The lowest BCUT2D eigenvalue weighted by atomic mass is 10.3. The monoisotopic (exact) mass is 150 g/mol. The Balaban J connectivity index is 3.05. The molecular weight excluding hydrogens is 136 g/mol. The molecule has 1 aromatic rings. The molecule has 0 aromatic carbocycles. The van der Waals surface area contributed by atoms with Gasteiger partial charge in [-0.05, 0) is 13.3 Å². The first-order valence-electron chi connectivity index (χ1n) is 3.95. The number of nitrogens with zero attached hydrogens (tertiary/aromatic N) is 1. The molecule has 0 amide bonds. The lowest BCUT2D eigenvalue weighted by molar-refractivity contribution is 0.975. The Kier molecular flexibility index (Phi) is 2.47. The molecule has 0 saturated heterocycles. The van der Waals surface area contributed by atoms with Gasteiger partial charge >= 0.3 is 0 Å². The number of aryl methyl sites for hydroxylation is 1. The molecule has 2 heteroatoms. The molecule has 1 aromatic heterocycles. The zero-order chi connectivity index (χ0) is 8.27. The van der Waals surface area contributed by atoms with Gasteiger partial charge in [-0.3, -0.25) is 5.10 Å². The topological polar surface area (TPSA) is 28.7 Å². The standard InChI is InChI=1S/C9H14N2/c1-4-5-6-9-7(2)8(3)10-11-9/h6,11H,2,4-5H2,1,3H3/b9-6+. The number of nitrogens with one attached hydrogen (secondary N) is 1. The second kappa shape index (κ2) is 3.37. The smallest absolute Gasteiger partial charge is 0.0663 e. The predicted molar refractivity (Wildman–Crippen MR) is 47.5 cm³/mol. The predicted octanol–water partition coefficient (Wildman–Crippen LogP) is 0.709. The van der Waals surface area contributed by atoms with Gasteiger partial charge in [-0.25, -0.2) is 0 Å². The minimum atomic E-state index is 0.993. The number of H-pyrrole nitrogens is 1. The maximum atomic E-state index is 4.05. The quantitative estimate of drug-likeness (QED) is 0.661. The van der Waals surface area contributed by atoms with E-state index in [1.165, 1.54) is 0 Å². The van der Waals surface area contributed by atoms with Gasteiger partial charge in [-0.2, -0.15) is 5.10 Å². The molecule has 0 unspecified atom stereocenters. The van der Waals surface area contributed by atoms with E-state index in [0.29, 0.717) is 0 Å². The van der Waals surface area contributed by atoms with Crippen LogP contribution in [0.3, 0.4) is 0 Å². The van der Waals surface area contributed by atoms with Crippen molar-refractivity contribution in [1.29, 1.82) is 0 Å². The number of rotatable bonds is 2. The number of aromatic nitrogens is 2. The first kappa shape index (κ1) is 8.05. The molecule has 0 aliphatic carbocycles. The van der Waals surface area contributed by atoms with Gasteiger partial charge in [0.2, 0.25) is 0 Å². The highest BCUT2D eigenvalue weighted by atomic mass is 15.1. The van der Waals surface area contributed by atoms with Gasteiger partial charge in [0.1, 0.15) is 0 Å². The summed E-state index contributed by atoms with van der Waals surface area (Å²) in [5.74, 6) is 0. The number of hydrogen-bond donors (Lipinski definition) is 1. The summed E-state index contributed by atoms with van der Waals surface area (Å²) in [4.78, 5) is 0. The minimum absolute atomic E-state index is 0.993. The Morgan fingerprint density at radius 3 is 2.82 bits per heavy atom. The van der Waals surface area contributed by atoms with Crippen LogP contribution >= 0.6 is 0 Å². The van der Waals surface area contributed by atoms with Crippen molar-refractivity contribution in [2.75, 3.05) is 0 Å². The van der Waals surface area contributed by atoms with Crippen molar-refractivity contribution in [1.82, 2.24) is 10.2 Å². The Bertz CT molecular complexity index is 322. The summed E-state index contributed by atoms with van der Waals surface area (Å²) in [7, 11) is 0. The van der Waals surface area contributed by atoms with Crippen LogP contribution in [0, 0.1) is 6.92 Å². The average Bonchev–Trinajstić information content (AvgIpc) is 2.31. The van der Waals surface area contributed by atoms with Gasteiger partial charge in [-0.1, -0.05) is 26.0 Å². The molecule has 1 heterocycles. The summed E-state index contributed by atoms with van der Waals surface area (Å²) in [5, 5.41) is 9.09. The molecule has 60 valence electrons. The normalized spacial score (nSPS) is 12.4. The molecule has 0 aliphatic rings. The third kappa shape index (κ3) is 1.70. The fourth-order valence-electron chi connectivity index (χ4n) is 0.931. The van der Waals surface area contributed by atoms with Crippen molar-refractivity contribution in [2.45, 2.75) is 26.7 Å². The van der Waals surface area contributed by atoms with Crippen LogP contribution in [0.5, 0.6) is 0 Å². The van der Waals surface area contributed by atoms with Crippen molar-refractivity contribution >= 4 is 12.7 Å². The summed E-state index contributed by atoms with van der Waals surface area (Å²) >= 11 is 0. The van der Waals surface area contributed by atoms with Crippen LogP contribution in [0.15, 0.2) is 0 Å². The van der Waals surface area contributed by atoms with Gasteiger partial charge in [0.05, 0.1) is 11.0 Å². The molecular formula is C9H14N2. The summed E-state index contributed by atoms with van der Waals surface area (Å²) in [5.41, 5.74) is 0.993. The molecule has 2 nitrogen and oxygen atoms in total. The zero-order valence-electron chi connectivity index (χ0n) is 7.15. The third-order valence-electron chi connectivity index (χ3n) is 1.74. The van der Waals surface area contributed by atoms with Crippen molar-refractivity contribution in [3.05, 3.63) is 16.3 Å². The highest BCUT2D eigenvalue weighted by Crippen LogP contribution is 1.84. The fourth-order valence-corrected chi connectivity index (χ4v) is 0.931. The van der Waals surface area contributed by atoms with Gasteiger partial charge < -0.3 is 0 Å². The van der Waals surface area contributed by atoms with E-state index in [1.54, 1.807) is 0 Å².